The molecule has 0 aromatic carbocycles. The summed E-state index contributed by atoms with van der Waals surface area (Å²) < 4.78 is 0. The molecule has 74 valence electrons. The molecule has 1 atom stereocenters. The van der Waals surface area contributed by atoms with Gasteiger partial charge in [-0.3, -0.25) is 0 Å². The summed E-state index contributed by atoms with van der Waals surface area (Å²) in [4.78, 5) is 0. The molecule has 0 radical (unpaired) electrons. The van der Waals surface area contributed by atoms with Gasteiger partial charge in [0.25, 0.3) is 0 Å². The third-order valence-corrected chi connectivity index (χ3v) is 3.16. The molecule has 3 heteroatoms. The first kappa shape index (κ1) is 12.3. The number of thioether (sulfide) groups is 1. The van der Waals surface area contributed by atoms with E-state index in [0.717, 1.165) is 12.2 Å². The SMILES string of the molecule is CNC(C)(CO)CCSC(C)C. The lowest BCUT2D eigenvalue weighted by Gasteiger charge is -2.26. The number of hydrogen-bond acceptors (Lipinski definition) is 3. The summed E-state index contributed by atoms with van der Waals surface area (Å²) in [6.07, 6.45) is 1.02. The second-order valence-electron chi connectivity index (χ2n) is 3.64. The van der Waals surface area contributed by atoms with Crippen molar-refractivity contribution in [3.05, 3.63) is 0 Å². The molecule has 0 aromatic rings. The number of rotatable bonds is 6. The maximum atomic E-state index is 9.08. The average molecular weight is 191 g/mol. The minimum atomic E-state index is -0.0953. The predicted octanol–water partition coefficient (Wildman–Crippen LogP) is 1.49. The zero-order chi connectivity index (χ0) is 9.61. The number of likely N-dealkylation sites (N-methyl/N-ethyl adjacent to an activating group) is 1. The van der Waals surface area contributed by atoms with Crippen LogP contribution >= 0.6 is 11.8 Å². The molecule has 0 saturated heterocycles. The van der Waals surface area contributed by atoms with Crippen molar-refractivity contribution in [2.24, 2.45) is 0 Å². The molecule has 0 aliphatic heterocycles. The molecule has 2 nitrogen and oxygen atoms in total. The first-order valence-electron chi connectivity index (χ1n) is 4.45. The molecular formula is C9H21NOS. The van der Waals surface area contributed by atoms with Crippen LogP contribution in [0.4, 0.5) is 0 Å². The Morgan fingerprint density at radius 2 is 2.08 bits per heavy atom. The van der Waals surface area contributed by atoms with E-state index < -0.39 is 0 Å². The van der Waals surface area contributed by atoms with Crippen LogP contribution in [0.1, 0.15) is 27.2 Å². The molecule has 0 aliphatic rings. The van der Waals surface area contributed by atoms with Crippen molar-refractivity contribution in [1.29, 1.82) is 0 Å². The summed E-state index contributed by atoms with van der Waals surface area (Å²) in [5.41, 5.74) is -0.0953. The van der Waals surface area contributed by atoms with E-state index in [-0.39, 0.29) is 12.1 Å². The highest BCUT2D eigenvalue weighted by Gasteiger charge is 2.19. The van der Waals surface area contributed by atoms with Crippen LogP contribution < -0.4 is 5.32 Å². The van der Waals surface area contributed by atoms with Crippen LogP contribution in [0.5, 0.6) is 0 Å². The molecule has 0 rings (SSSR count). The summed E-state index contributed by atoms with van der Waals surface area (Å²) in [6, 6.07) is 0. The van der Waals surface area contributed by atoms with Gasteiger partial charge < -0.3 is 10.4 Å². The fraction of sp³-hybridized carbons (Fsp3) is 1.00. The summed E-state index contributed by atoms with van der Waals surface area (Å²) in [7, 11) is 1.90. The Kier molecular flexibility index (Phi) is 5.97. The van der Waals surface area contributed by atoms with E-state index in [1.807, 2.05) is 25.7 Å². The van der Waals surface area contributed by atoms with E-state index in [0.29, 0.717) is 5.25 Å². The Morgan fingerprint density at radius 3 is 2.42 bits per heavy atom. The van der Waals surface area contributed by atoms with E-state index in [1.54, 1.807) is 0 Å². The van der Waals surface area contributed by atoms with Crippen LogP contribution in [0.3, 0.4) is 0 Å². The topological polar surface area (TPSA) is 32.3 Å². The zero-order valence-corrected chi connectivity index (χ0v) is 9.37. The highest BCUT2D eigenvalue weighted by molar-refractivity contribution is 7.99. The number of aliphatic hydroxyl groups is 1. The number of hydrogen-bond donors (Lipinski definition) is 2. The lowest BCUT2D eigenvalue weighted by atomic mass is 10.0. The summed E-state index contributed by atoms with van der Waals surface area (Å²) in [5, 5.41) is 12.9. The van der Waals surface area contributed by atoms with Gasteiger partial charge in [0, 0.05) is 5.54 Å². The van der Waals surface area contributed by atoms with Gasteiger partial charge in [0.2, 0.25) is 0 Å². The highest BCUT2D eigenvalue weighted by Crippen LogP contribution is 2.16. The first-order chi connectivity index (χ1) is 5.54. The van der Waals surface area contributed by atoms with Crippen LogP contribution in [0, 0.1) is 0 Å². The Bertz CT molecular complexity index is 113. The summed E-state index contributed by atoms with van der Waals surface area (Å²) >= 11 is 1.94. The largest absolute Gasteiger partial charge is 0.394 e. The molecule has 0 aliphatic carbocycles. The highest BCUT2D eigenvalue weighted by atomic mass is 32.2. The van der Waals surface area contributed by atoms with Crippen molar-refractivity contribution in [2.75, 3.05) is 19.4 Å². The van der Waals surface area contributed by atoms with Gasteiger partial charge in [0.05, 0.1) is 6.61 Å². The maximum absolute atomic E-state index is 9.08. The van der Waals surface area contributed by atoms with E-state index in [1.165, 1.54) is 0 Å². The Hall–Kier alpha value is 0.270. The smallest absolute Gasteiger partial charge is 0.0610 e. The molecule has 0 fully saturated rings. The minimum absolute atomic E-state index is 0.0953. The number of nitrogens with one attached hydrogen (secondary N) is 1. The Balaban J connectivity index is 3.58. The predicted molar refractivity (Wildman–Crippen MR) is 56.8 cm³/mol. The van der Waals surface area contributed by atoms with Crippen molar-refractivity contribution in [1.82, 2.24) is 5.32 Å². The standard InChI is InChI=1S/C9H21NOS/c1-8(2)12-6-5-9(3,7-11)10-4/h8,10-11H,5-7H2,1-4H3. The van der Waals surface area contributed by atoms with Gasteiger partial charge in [-0.05, 0) is 31.4 Å². The molecular weight excluding hydrogens is 170 g/mol. The van der Waals surface area contributed by atoms with Crippen LogP contribution in [-0.2, 0) is 0 Å². The quantitative estimate of drug-likeness (QED) is 0.667. The first-order valence-corrected chi connectivity index (χ1v) is 5.50. The van der Waals surface area contributed by atoms with Gasteiger partial charge in [-0.1, -0.05) is 13.8 Å². The van der Waals surface area contributed by atoms with E-state index in [9.17, 15) is 0 Å². The van der Waals surface area contributed by atoms with E-state index in [4.69, 9.17) is 5.11 Å². The fourth-order valence-corrected chi connectivity index (χ4v) is 1.84. The van der Waals surface area contributed by atoms with Crippen LogP contribution in [0.15, 0.2) is 0 Å². The van der Waals surface area contributed by atoms with Gasteiger partial charge in [0.1, 0.15) is 0 Å². The van der Waals surface area contributed by atoms with Gasteiger partial charge in [-0.15, -0.1) is 0 Å². The third-order valence-electron chi connectivity index (χ3n) is 2.06. The maximum Gasteiger partial charge on any atom is 0.0610 e. The monoisotopic (exact) mass is 191 g/mol. The Labute approximate surface area is 80.1 Å². The van der Waals surface area contributed by atoms with Crippen molar-refractivity contribution in [2.45, 2.75) is 38.0 Å². The molecule has 0 aromatic heterocycles. The minimum Gasteiger partial charge on any atom is -0.394 e. The molecule has 0 saturated carbocycles. The molecule has 2 N–H and O–H groups in total. The molecule has 0 amide bonds. The average Bonchev–Trinajstić information content (AvgIpc) is 2.03. The fourth-order valence-electron chi connectivity index (χ4n) is 0.803. The van der Waals surface area contributed by atoms with Crippen LogP contribution in [0.2, 0.25) is 0 Å². The van der Waals surface area contributed by atoms with Crippen LogP contribution in [0.25, 0.3) is 0 Å². The van der Waals surface area contributed by atoms with E-state index >= 15 is 0 Å². The van der Waals surface area contributed by atoms with Crippen molar-refractivity contribution >= 4 is 11.8 Å². The van der Waals surface area contributed by atoms with Crippen molar-refractivity contribution in [3.63, 3.8) is 0 Å². The van der Waals surface area contributed by atoms with Gasteiger partial charge >= 0.3 is 0 Å². The summed E-state index contributed by atoms with van der Waals surface area (Å²) in [5.74, 6) is 1.11. The normalized spacial score (nSPS) is 16.5. The molecule has 0 bridgehead atoms. The molecule has 1 unspecified atom stereocenters. The van der Waals surface area contributed by atoms with Crippen molar-refractivity contribution < 1.29 is 5.11 Å². The van der Waals surface area contributed by atoms with E-state index in [2.05, 4.69) is 19.2 Å². The second-order valence-corrected chi connectivity index (χ2v) is 5.32. The number of aliphatic hydroxyl groups excluding tert-OH is 1. The second kappa shape index (κ2) is 5.84. The third kappa shape index (κ3) is 5.01. The Morgan fingerprint density at radius 1 is 1.50 bits per heavy atom. The van der Waals surface area contributed by atoms with Crippen molar-refractivity contribution in [3.8, 4) is 0 Å². The molecule has 12 heavy (non-hydrogen) atoms. The lowest BCUT2D eigenvalue weighted by molar-refractivity contribution is 0.179. The lowest BCUT2D eigenvalue weighted by Crippen LogP contribution is -2.43. The van der Waals surface area contributed by atoms with Gasteiger partial charge in [0.15, 0.2) is 0 Å². The molecule has 0 heterocycles. The summed E-state index contributed by atoms with van der Waals surface area (Å²) in [6.45, 7) is 6.65. The molecule has 0 spiro atoms. The zero-order valence-electron chi connectivity index (χ0n) is 8.55. The van der Waals surface area contributed by atoms with Gasteiger partial charge in [-0.25, -0.2) is 0 Å². The van der Waals surface area contributed by atoms with Gasteiger partial charge in [-0.2, -0.15) is 11.8 Å². The van der Waals surface area contributed by atoms with Crippen LogP contribution in [-0.4, -0.2) is 35.3 Å².